The SMILES string of the molecule is COc1cc(F)cc(CNC(=O)N2CC(C)(C)c3cc(-c4cn[nH]c4)ccc32)c1. The molecule has 0 unspecified atom stereocenters. The zero-order valence-corrected chi connectivity index (χ0v) is 16.6. The topological polar surface area (TPSA) is 70.2 Å². The van der Waals surface area contributed by atoms with Crippen molar-refractivity contribution in [2.75, 3.05) is 18.6 Å². The third-order valence-electron chi connectivity index (χ3n) is 5.26. The van der Waals surface area contributed by atoms with Gasteiger partial charge in [-0.2, -0.15) is 5.10 Å². The van der Waals surface area contributed by atoms with Crippen molar-refractivity contribution in [1.29, 1.82) is 0 Å². The molecule has 6 nitrogen and oxygen atoms in total. The smallest absolute Gasteiger partial charge is 0.322 e. The Kier molecular flexibility index (Phi) is 4.74. The number of nitrogens with one attached hydrogen (secondary N) is 2. The number of fused-ring (bicyclic) bond motifs is 1. The number of hydrogen-bond donors (Lipinski definition) is 2. The van der Waals surface area contributed by atoms with E-state index in [0.29, 0.717) is 17.9 Å². The number of nitrogens with zero attached hydrogens (tertiary/aromatic N) is 2. The van der Waals surface area contributed by atoms with Crippen LogP contribution >= 0.6 is 0 Å². The lowest BCUT2D eigenvalue weighted by molar-refractivity contribution is 0.245. The van der Waals surface area contributed by atoms with Crippen LogP contribution in [0.15, 0.2) is 48.8 Å². The van der Waals surface area contributed by atoms with Crippen LogP contribution in [0.25, 0.3) is 11.1 Å². The molecule has 0 saturated carbocycles. The van der Waals surface area contributed by atoms with E-state index < -0.39 is 5.82 Å². The van der Waals surface area contributed by atoms with Crippen molar-refractivity contribution in [2.45, 2.75) is 25.8 Å². The highest BCUT2D eigenvalue weighted by Gasteiger charge is 2.38. The summed E-state index contributed by atoms with van der Waals surface area (Å²) in [7, 11) is 1.48. The van der Waals surface area contributed by atoms with E-state index in [9.17, 15) is 9.18 Å². The molecule has 0 saturated heterocycles. The lowest BCUT2D eigenvalue weighted by Crippen LogP contribution is -2.41. The molecule has 3 aromatic rings. The largest absolute Gasteiger partial charge is 0.497 e. The minimum absolute atomic E-state index is 0.186. The minimum atomic E-state index is -0.395. The van der Waals surface area contributed by atoms with Gasteiger partial charge in [0.15, 0.2) is 0 Å². The number of aromatic nitrogens is 2. The molecular formula is C22H23FN4O2. The molecule has 2 amide bonds. The van der Waals surface area contributed by atoms with E-state index in [1.54, 1.807) is 17.2 Å². The summed E-state index contributed by atoms with van der Waals surface area (Å²) in [5.41, 5.74) is 4.51. The Balaban J connectivity index is 1.54. The van der Waals surface area contributed by atoms with Crippen molar-refractivity contribution in [3.63, 3.8) is 0 Å². The fourth-order valence-corrected chi connectivity index (χ4v) is 3.76. The number of amides is 2. The molecule has 29 heavy (non-hydrogen) atoms. The number of benzene rings is 2. The zero-order valence-electron chi connectivity index (χ0n) is 16.6. The Hall–Kier alpha value is -3.35. The molecule has 1 aliphatic heterocycles. The molecule has 2 N–H and O–H groups in total. The Labute approximate surface area is 168 Å². The maximum Gasteiger partial charge on any atom is 0.322 e. The lowest BCUT2D eigenvalue weighted by Gasteiger charge is -2.21. The molecule has 1 aliphatic rings. The summed E-state index contributed by atoms with van der Waals surface area (Å²) in [6.07, 6.45) is 3.63. The Morgan fingerprint density at radius 3 is 2.83 bits per heavy atom. The first kappa shape index (κ1) is 19.0. The predicted octanol–water partition coefficient (Wildman–Crippen LogP) is 4.23. The normalized spacial score (nSPS) is 14.6. The Bertz CT molecular complexity index is 1050. The molecule has 4 rings (SSSR count). The van der Waals surface area contributed by atoms with Crippen LogP contribution in [0.5, 0.6) is 5.75 Å². The van der Waals surface area contributed by atoms with Gasteiger partial charge in [-0.1, -0.05) is 19.9 Å². The van der Waals surface area contributed by atoms with Gasteiger partial charge in [0.1, 0.15) is 11.6 Å². The molecule has 150 valence electrons. The van der Waals surface area contributed by atoms with Gasteiger partial charge in [-0.15, -0.1) is 0 Å². The fourth-order valence-electron chi connectivity index (χ4n) is 3.76. The standard InChI is InChI=1S/C22H23FN4O2/c1-22(2)13-27(20-5-4-15(8-19(20)22)16-11-25-26-12-16)21(28)24-10-14-6-17(23)9-18(7-14)29-3/h4-9,11-12H,10,13H2,1-3H3,(H,24,28)(H,25,26). The van der Waals surface area contributed by atoms with E-state index >= 15 is 0 Å². The third-order valence-corrected chi connectivity index (χ3v) is 5.26. The average Bonchev–Trinajstić information content (AvgIpc) is 3.32. The highest BCUT2D eigenvalue weighted by atomic mass is 19.1. The van der Waals surface area contributed by atoms with Crippen LogP contribution in [0.1, 0.15) is 25.0 Å². The number of halogens is 1. The van der Waals surface area contributed by atoms with Crippen LogP contribution in [-0.2, 0) is 12.0 Å². The van der Waals surface area contributed by atoms with Crippen molar-refractivity contribution in [2.24, 2.45) is 0 Å². The zero-order chi connectivity index (χ0) is 20.6. The number of methoxy groups -OCH3 is 1. The van der Waals surface area contributed by atoms with Crippen LogP contribution in [0.2, 0.25) is 0 Å². The van der Waals surface area contributed by atoms with Crippen molar-refractivity contribution in [1.82, 2.24) is 15.5 Å². The molecule has 0 radical (unpaired) electrons. The number of anilines is 1. The summed E-state index contributed by atoms with van der Waals surface area (Å²) >= 11 is 0. The number of carbonyl (C=O) groups excluding carboxylic acids is 1. The molecule has 2 aromatic carbocycles. The van der Waals surface area contributed by atoms with E-state index in [0.717, 1.165) is 22.4 Å². The molecule has 0 bridgehead atoms. The molecule has 0 spiro atoms. The average molecular weight is 394 g/mol. The second-order valence-electron chi connectivity index (χ2n) is 7.85. The third kappa shape index (κ3) is 3.68. The summed E-state index contributed by atoms with van der Waals surface area (Å²) in [6.45, 7) is 5.02. The quantitative estimate of drug-likeness (QED) is 0.696. The van der Waals surface area contributed by atoms with Crippen LogP contribution in [0.4, 0.5) is 14.9 Å². The van der Waals surface area contributed by atoms with Crippen molar-refractivity contribution in [3.05, 3.63) is 65.7 Å². The Morgan fingerprint density at radius 2 is 2.10 bits per heavy atom. The van der Waals surface area contributed by atoms with E-state index in [-0.39, 0.29) is 18.0 Å². The lowest BCUT2D eigenvalue weighted by atomic mass is 9.85. The maximum atomic E-state index is 13.7. The second kappa shape index (κ2) is 7.24. The van der Waals surface area contributed by atoms with Gasteiger partial charge in [-0.25, -0.2) is 9.18 Å². The number of H-pyrrole nitrogens is 1. The molecule has 0 atom stereocenters. The number of hydrogen-bond acceptors (Lipinski definition) is 3. The van der Waals surface area contributed by atoms with Gasteiger partial charge in [0.2, 0.25) is 0 Å². The minimum Gasteiger partial charge on any atom is -0.497 e. The number of rotatable bonds is 4. The first-order valence-corrected chi connectivity index (χ1v) is 9.40. The highest BCUT2D eigenvalue weighted by Crippen LogP contribution is 2.42. The van der Waals surface area contributed by atoms with Gasteiger partial charge in [-0.05, 0) is 41.0 Å². The fraction of sp³-hybridized carbons (Fsp3) is 0.273. The molecule has 0 fully saturated rings. The molecular weight excluding hydrogens is 371 g/mol. The summed E-state index contributed by atoms with van der Waals surface area (Å²) in [6, 6.07) is 10.3. The van der Waals surface area contributed by atoms with Gasteiger partial charge in [-0.3, -0.25) is 10.00 Å². The summed E-state index contributed by atoms with van der Waals surface area (Å²) in [5, 5.41) is 9.73. The van der Waals surface area contributed by atoms with Gasteiger partial charge < -0.3 is 10.1 Å². The van der Waals surface area contributed by atoms with Gasteiger partial charge in [0, 0.05) is 42.0 Å². The molecule has 2 heterocycles. The van der Waals surface area contributed by atoms with E-state index in [4.69, 9.17) is 4.74 Å². The molecule has 7 heteroatoms. The summed E-state index contributed by atoms with van der Waals surface area (Å²) < 4.78 is 18.8. The summed E-state index contributed by atoms with van der Waals surface area (Å²) in [4.78, 5) is 14.6. The van der Waals surface area contributed by atoms with Crippen molar-refractivity contribution in [3.8, 4) is 16.9 Å². The van der Waals surface area contributed by atoms with Crippen LogP contribution in [-0.4, -0.2) is 29.9 Å². The first-order valence-electron chi connectivity index (χ1n) is 9.40. The molecule has 0 aliphatic carbocycles. The van der Waals surface area contributed by atoms with E-state index in [2.05, 4.69) is 35.4 Å². The predicted molar refractivity (Wildman–Crippen MR) is 110 cm³/mol. The van der Waals surface area contributed by atoms with E-state index in [1.165, 1.54) is 19.2 Å². The molecule has 1 aromatic heterocycles. The van der Waals surface area contributed by atoms with Crippen LogP contribution in [0, 0.1) is 5.82 Å². The van der Waals surface area contributed by atoms with E-state index in [1.807, 2.05) is 18.3 Å². The van der Waals surface area contributed by atoms with Crippen molar-refractivity contribution >= 4 is 11.7 Å². The number of urea groups is 1. The Morgan fingerprint density at radius 1 is 1.28 bits per heavy atom. The van der Waals surface area contributed by atoms with Crippen molar-refractivity contribution < 1.29 is 13.9 Å². The van der Waals surface area contributed by atoms with Gasteiger partial charge >= 0.3 is 6.03 Å². The number of aromatic amines is 1. The van der Waals surface area contributed by atoms with Crippen LogP contribution < -0.4 is 15.0 Å². The summed E-state index contributed by atoms with van der Waals surface area (Å²) in [5.74, 6) is 0.0294. The number of ether oxygens (including phenoxy) is 1. The second-order valence-corrected chi connectivity index (χ2v) is 7.85. The van der Waals surface area contributed by atoms with Gasteiger partial charge in [0.25, 0.3) is 0 Å². The first-order chi connectivity index (χ1) is 13.9. The number of carbonyl (C=O) groups is 1. The van der Waals surface area contributed by atoms with Gasteiger partial charge in [0.05, 0.1) is 13.3 Å². The van der Waals surface area contributed by atoms with Crippen LogP contribution in [0.3, 0.4) is 0 Å². The maximum absolute atomic E-state index is 13.7. The monoisotopic (exact) mass is 394 g/mol. The highest BCUT2D eigenvalue weighted by molar-refractivity contribution is 5.95.